The van der Waals surface area contributed by atoms with Crippen LogP contribution in [0.3, 0.4) is 0 Å². The van der Waals surface area contributed by atoms with Gasteiger partial charge in [0.05, 0.1) is 18.4 Å². The summed E-state index contributed by atoms with van der Waals surface area (Å²) in [7, 11) is 0. The first kappa shape index (κ1) is 13.8. The minimum atomic E-state index is -0.348. The zero-order valence-corrected chi connectivity index (χ0v) is 10.2. The zero-order chi connectivity index (χ0) is 11.2. The highest BCUT2D eigenvalue weighted by atomic mass is 35.5. The van der Waals surface area contributed by atoms with Gasteiger partial charge < -0.3 is 4.74 Å². The molecule has 0 aromatic heterocycles. The molecule has 0 heterocycles. The van der Waals surface area contributed by atoms with E-state index in [0.717, 1.165) is 0 Å². The summed E-state index contributed by atoms with van der Waals surface area (Å²) in [5.41, 5.74) is 1.02. The molecule has 4 heteroatoms. The first-order valence-corrected chi connectivity index (χ1v) is 5.38. The van der Waals surface area contributed by atoms with Crippen LogP contribution in [0.5, 0.6) is 0 Å². The van der Waals surface area contributed by atoms with E-state index < -0.39 is 0 Å². The molecule has 1 unspecified atom stereocenters. The van der Waals surface area contributed by atoms with Crippen LogP contribution in [0, 0.1) is 5.41 Å². The Balaban J connectivity index is 4.24. The van der Waals surface area contributed by atoms with Gasteiger partial charge in [-0.2, -0.15) is 0 Å². The second-order valence-electron chi connectivity index (χ2n) is 3.69. The lowest BCUT2D eigenvalue weighted by atomic mass is 9.85. The summed E-state index contributed by atoms with van der Waals surface area (Å²) in [4.78, 5) is 11.2. The third-order valence-corrected chi connectivity index (χ3v) is 2.78. The largest absolute Gasteiger partial charge is 0.466 e. The molecule has 82 valence electrons. The van der Waals surface area contributed by atoms with E-state index in [2.05, 4.69) is 0 Å². The molecule has 14 heavy (non-hydrogen) atoms. The number of carbonyl (C=O) groups is 1. The van der Waals surface area contributed by atoms with E-state index in [0.29, 0.717) is 6.61 Å². The van der Waals surface area contributed by atoms with Gasteiger partial charge in [0.1, 0.15) is 0 Å². The summed E-state index contributed by atoms with van der Waals surface area (Å²) >= 11 is 11.5. The third-order valence-electron chi connectivity index (χ3n) is 1.89. The highest BCUT2D eigenvalue weighted by Crippen LogP contribution is 2.31. The molecule has 0 fully saturated rings. The normalized spacial score (nSPS) is 14.4. The van der Waals surface area contributed by atoms with Gasteiger partial charge >= 0.3 is 5.97 Å². The van der Waals surface area contributed by atoms with E-state index in [1.165, 1.54) is 5.54 Å². The number of halogens is 2. The first-order valence-electron chi connectivity index (χ1n) is 4.50. The lowest BCUT2D eigenvalue weighted by Gasteiger charge is -2.26. The van der Waals surface area contributed by atoms with Crippen molar-refractivity contribution in [2.45, 2.75) is 32.6 Å². The van der Waals surface area contributed by atoms with Crippen molar-refractivity contribution >= 4 is 29.2 Å². The highest BCUT2D eigenvalue weighted by Gasteiger charge is 2.29. The van der Waals surface area contributed by atoms with Crippen LogP contribution in [0.25, 0.3) is 0 Å². The molecular weight excluding hydrogens is 223 g/mol. The molecule has 0 spiro atoms. The molecule has 1 atom stereocenters. The number of allylic oxidation sites excluding steroid dienone is 1. The molecule has 0 aliphatic rings. The summed E-state index contributed by atoms with van der Waals surface area (Å²) in [6.45, 7) is 5.98. The molecule has 0 saturated carbocycles. The first-order chi connectivity index (χ1) is 6.44. The number of hydrogen-bond donors (Lipinski definition) is 0. The third kappa shape index (κ3) is 4.87. The Labute approximate surface area is 95.2 Å². The van der Waals surface area contributed by atoms with Gasteiger partial charge in [0.25, 0.3) is 0 Å². The van der Waals surface area contributed by atoms with Gasteiger partial charge in [0.15, 0.2) is 0 Å². The maximum absolute atomic E-state index is 11.2. The standard InChI is InChI=1S/C10H16Cl2O2/c1-4-14-9(13)7-10(2,3)8(12)5-6-11/h5-6,8H,4,7H2,1-3H3. The van der Waals surface area contributed by atoms with Crippen molar-refractivity contribution in [2.24, 2.45) is 5.41 Å². The Bertz CT molecular complexity index is 212. The van der Waals surface area contributed by atoms with Crippen LogP contribution in [0.15, 0.2) is 11.6 Å². The maximum atomic E-state index is 11.2. The highest BCUT2D eigenvalue weighted by molar-refractivity contribution is 6.27. The fourth-order valence-corrected chi connectivity index (χ4v) is 1.38. The van der Waals surface area contributed by atoms with E-state index >= 15 is 0 Å². The fourth-order valence-electron chi connectivity index (χ4n) is 1.01. The van der Waals surface area contributed by atoms with Crippen LogP contribution in [0.2, 0.25) is 0 Å². The molecule has 0 radical (unpaired) electrons. The number of carbonyl (C=O) groups excluding carboxylic acids is 1. The van der Waals surface area contributed by atoms with Crippen molar-refractivity contribution < 1.29 is 9.53 Å². The van der Waals surface area contributed by atoms with Crippen molar-refractivity contribution in [3.8, 4) is 0 Å². The van der Waals surface area contributed by atoms with Crippen LogP contribution in [-0.4, -0.2) is 18.0 Å². The predicted molar refractivity (Wildman–Crippen MR) is 59.7 cm³/mol. The molecule has 0 aromatic rings. The number of hydrogen-bond acceptors (Lipinski definition) is 2. The molecule has 0 aliphatic carbocycles. The SMILES string of the molecule is CCOC(=O)CC(C)(C)C(Cl)C=CCl. The molecule has 2 nitrogen and oxygen atoms in total. The number of esters is 1. The monoisotopic (exact) mass is 238 g/mol. The Kier molecular flexibility index (Phi) is 6.21. The fraction of sp³-hybridized carbons (Fsp3) is 0.700. The molecule has 0 rings (SSSR count). The average Bonchev–Trinajstić information content (AvgIpc) is 2.03. The number of rotatable bonds is 5. The molecule has 0 saturated heterocycles. The van der Waals surface area contributed by atoms with Gasteiger partial charge in [-0.15, -0.1) is 11.6 Å². The molecular formula is C10H16Cl2O2. The van der Waals surface area contributed by atoms with E-state index in [1.54, 1.807) is 13.0 Å². The number of alkyl halides is 1. The Morgan fingerprint density at radius 1 is 1.57 bits per heavy atom. The zero-order valence-electron chi connectivity index (χ0n) is 8.72. The van der Waals surface area contributed by atoms with E-state index in [-0.39, 0.29) is 23.2 Å². The second-order valence-corrected chi connectivity index (χ2v) is 4.41. The van der Waals surface area contributed by atoms with Gasteiger partial charge in [0.2, 0.25) is 0 Å². The van der Waals surface area contributed by atoms with Gasteiger partial charge in [-0.1, -0.05) is 31.5 Å². The van der Waals surface area contributed by atoms with E-state index in [4.69, 9.17) is 27.9 Å². The van der Waals surface area contributed by atoms with Crippen LogP contribution < -0.4 is 0 Å². The van der Waals surface area contributed by atoms with Crippen molar-refractivity contribution in [1.29, 1.82) is 0 Å². The van der Waals surface area contributed by atoms with Crippen molar-refractivity contribution in [3.63, 3.8) is 0 Å². The predicted octanol–water partition coefficient (Wildman–Crippen LogP) is 3.33. The van der Waals surface area contributed by atoms with Crippen LogP contribution in [0.4, 0.5) is 0 Å². The lowest BCUT2D eigenvalue weighted by molar-refractivity contribution is -0.145. The van der Waals surface area contributed by atoms with Gasteiger partial charge in [0, 0.05) is 5.54 Å². The van der Waals surface area contributed by atoms with Crippen molar-refractivity contribution in [1.82, 2.24) is 0 Å². The molecule has 0 bridgehead atoms. The summed E-state index contributed by atoms with van der Waals surface area (Å²) in [6, 6.07) is 0. The molecule has 0 aromatic carbocycles. The number of ether oxygens (including phenoxy) is 1. The minimum absolute atomic E-state index is 0.230. The Morgan fingerprint density at radius 2 is 2.14 bits per heavy atom. The summed E-state index contributed by atoms with van der Waals surface area (Å²) in [5, 5.41) is -0.274. The van der Waals surface area contributed by atoms with Crippen molar-refractivity contribution in [2.75, 3.05) is 6.61 Å². The van der Waals surface area contributed by atoms with Crippen LogP contribution >= 0.6 is 23.2 Å². The average molecular weight is 239 g/mol. The molecule has 0 N–H and O–H groups in total. The quantitative estimate of drug-likeness (QED) is 0.543. The summed E-state index contributed by atoms with van der Waals surface area (Å²) < 4.78 is 4.85. The summed E-state index contributed by atoms with van der Waals surface area (Å²) in [5.74, 6) is -0.230. The van der Waals surface area contributed by atoms with Gasteiger partial charge in [-0.25, -0.2) is 0 Å². The molecule has 0 amide bonds. The topological polar surface area (TPSA) is 26.3 Å². The van der Waals surface area contributed by atoms with E-state index in [9.17, 15) is 4.79 Å². The van der Waals surface area contributed by atoms with Crippen LogP contribution in [0.1, 0.15) is 27.2 Å². The van der Waals surface area contributed by atoms with Gasteiger partial charge in [-0.3, -0.25) is 4.79 Å². The lowest BCUT2D eigenvalue weighted by Crippen LogP contribution is -2.27. The van der Waals surface area contributed by atoms with Crippen molar-refractivity contribution in [3.05, 3.63) is 11.6 Å². The Morgan fingerprint density at radius 3 is 2.57 bits per heavy atom. The maximum Gasteiger partial charge on any atom is 0.306 e. The Hall–Kier alpha value is -0.210. The smallest absolute Gasteiger partial charge is 0.306 e. The molecule has 0 aliphatic heterocycles. The minimum Gasteiger partial charge on any atom is -0.466 e. The summed E-state index contributed by atoms with van der Waals surface area (Å²) in [6.07, 6.45) is 1.94. The van der Waals surface area contributed by atoms with E-state index in [1.807, 2.05) is 13.8 Å². The van der Waals surface area contributed by atoms with Crippen LogP contribution in [-0.2, 0) is 9.53 Å². The van der Waals surface area contributed by atoms with Gasteiger partial charge in [-0.05, 0) is 12.3 Å². The second kappa shape index (κ2) is 6.31.